The standard InChI is InChI=1S/C14H20N2S/c1-2-13(14(15)17)16-9-8-12(10-16)11-6-4-3-5-7-11/h3-7,12-13H,2,8-10H2,1H3,(H2,15,17). The van der Waals surface area contributed by atoms with Gasteiger partial charge in [0.2, 0.25) is 0 Å². The number of benzene rings is 1. The number of nitrogens with zero attached hydrogens (tertiary/aromatic N) is 1. The van der Waals surface area contributed by atoms with Crippen LogP contribution in [0.15, 0.2) is 30.3 Å². The minimum atomic E-state index is 0.277. The number of likely N-dealkylation sites (tertiary alicyclic amines) is 1. The van der Waals surface area contributed by atoms with Crippen molar-refractivity contribution in [3.8, 4) is 0 Å². The molecule has 1 aliphatic heterocycles. The number of nitrogens with two attached hydrogens (primary N) is 1. The van der Waals surface area contributed by atoms with Crippen molar-refractivity contribution in [1.82, 2.24) is 4.90 Å². The van der Waals surface area contributed by atoms with Crippen LogP contribution >= 0.6 is 12.2 Å². The topological polar surface area (TPSA) is 29.3 Å². The molecular formula is C14H20N2S. The normalized spacial score (nSPS) is 22.5. The fraction of sp³-hybridized carbons (Fsp3) is 0.500. The maximum Gasteiger partial charge on any atom is 0.0901 e. The molecule has 0 spiro atoms. The third kappa shape index (κ3) is 2.85. The number of hydrogen-bond acceptors (Lipinski definition) is 2. The first-order valence-electron chi connectivity index (χ1n) is 6.30. The first kappa shape index (κ1) is 12.5. The van der Waals surface area contributed by atoms with Gasteiger partial charge in [-0.15, -0.1) is 0 Å². The molecule has 1 aromatic rings. The Balaban J connectivity index is 2.02. The number of hydrogen-bond donors (Lipinski definition) is 1. The fourth-order valence-corrected chi connectivity index (χ4v) is 3.02. The Hall–Kier alpha value is -0.930. The van der Waals surface area contributed by atoms with Gasteiger partial charge in [-0.1, -0.05) is 49.5 Å². The average molecular weight is 248 g/mol. The molecule has 2 unspecified atom stereocenters. The molecular weight excluding hydrogens is 228 g/mol. The molecule has 2 atom stereocenters. The highest BCUT2D eigenvalue weighted by Crippen LogP contribution is 2.28. The summed E-state index contributed by atoms with van der Waals surface area (Å²) in [5.74, 6) is 0.639. The summed E-state index contributed by atoms with van der Waals surface area (Å²) >= 11 is 5.14. The van der Waals surface area contributed by atoms with Crippen molar-refractivity contribution in [3.05, 3.63) is 35.9 Å². The van der Waals surface area contributed by atoms with Gasteiger partial charge in [-0.2, -0.15) is 0 Å². The predicted octanol–water partition coefficient (Wildman–Crippen LogP) is 2.54. The van der Waals surface area contributed by atoms with E-state index in [0.29, 0.717) is 10.9 Å². The molecule has 2 N–H and O–H groups in total. The molecule has 1 aliphatic rings. The van der Waals surface area contributed by atoms with E-state index in [1.807, 2.05) is 0 Å². The van der Waals surface area contributed by atoms with Gasteiger partial charge >= 0.3 is 0 Å². The van der Waals surface area contributed by atoms with Gasteiger partial charge in [-0.3, -0.25) is 4.90 Å². The van der Waals surface area contributed by atoms with Crippen LogP contribution in [-0.2, 0) is 0 Å². The zero-order valence-electron chi connectivity index (χ0n) is 10.3. The van der Waals surface area contributed by atoms with E-state index in [1.54, 1.807) is 0 Å². The quantitative estimate of drug-likeness (QED) is 0.830. The van der Waals surface area contributed by atoms with Gasteiger partial charge in [-0.25, -0.2) is 0 Å². The molecule has 0 bridgehead atoms. The van der Waals surface area contributed by atoms with Gasteiger partial charge in [-0.05, 0) is 30.9 Å². The lowest BCUT2D eigenvalue weighted by molar-refractivity contribution is 0.291. The Morgan fingerprint density at radius 3 is 2.76 bits per heavy atom. The molecule has 1 fully saturated rings. The van der Waals surface area contributed by atoms with Crippen molar-refractivity contribution in [1.29, 1.82) is 0 Å². The zero-order chi connectivity index (χ0) is 12.3. The third-order valence-corrected chi connectivity index (χ3v) is 3.92. The summed E-state index contributed by atoms with van der Waals surface area (Å²) in [7, 11) is 0. The second-order valence-corrected chi connectivity index (χ2v) is 5.19. The Labute approximate surface area is 109 Å². The Morgan fingerprint density at radius 1 is 1.47 bits per heavy atom. The molecule has 2 rings (SSSR count). The lowest BCUT2D eigenvalue weighted by Gasteiger charge is -2.25. The Bertz CT molecular complexity index is 377. The Morgan fingerprint density at radius 2 is 2.18 bits per heavy atom. The van der Waals surface area contributed by atoms with Crippen LogP contribution in [0.1, 0.15) is 31.2 Å². The van der Waals surface area contributed by atoms with Crippen molar-refractivity contribution < 1.29 is 0 Å². The van der Waals surface area contributed by atoms with Gasteiger partial charge in [0.15, 0.2) is 0 Å². The minimum absolute atomic E-state index is 0.277. The average Bonchev–Trinajstić information content (AvgIpc) is 2.80. The van der Waals surface area contributed by atoms with E-state index in [-0.39, 0.29) is 6.04 Å². The summed E-state index contributed by atoms with van der Waals surface area (Å²) in [5.41, 5.74) is 7.24. The van der Waals surface area contributed by atoms with Crippen LogP contribution in [0.25, 0.3) is 0 Å². The molecule has 0 saturated carbocycles. The number of thiocarbonyl (C=S) groups is 1. The molecule has 0 amide bonds. The maximum absolute atomic E-state index is 5.80. The van der Waals surface area contributed by atoms with Crippen LogP contribution in [0, 0.1) is 0 Å². The smallest absolute Gasteiger partial charge is 0.0901 e. The maximum atomic E-state index is 5.80. The van der Waals surface area contributed by atoms with E-state index in [1.165, 1.54) is 12.0 Å². The van der Waals surface area contributed by atoms with Crippen molar-refractivity contribution in [3.63, 3.8) is 0 Å². The first-order valence-corrected chi connectivity index (χ1v) is 6.71. The molecule has 1 aromatic carbocycles. The van der Waals surface area contributed by atoms with E-state index < -0.39 is 0 Å². The molecule has 1 saturated heterocycles. The SMILES string of the molecule is CCC(C(N)=S)N1CCC(c2ccccc2)C1. The summed E-state index contributed by atoms with van der Waals surface area (Å²) < 4.78 is 0. The molecule has 0 aliphatic carbocycles. The van der Waals surface area contributed by atoms with E-state index >= 15 is 0 Å². The lowest BCUT2D eigenvalue weighted by atomic mass is 9.99. The molecule has 0 radical (unpaired) electrons. The second kappa shape index (κ2) is 5.61. The van der Waals surface area contributed by atoms with Gasteiger partial charge in [0.25, 0.3) is 0 Å². The fourth-order valence-electron chi connectivity index (χ4n) is 2.71. The minimum Gasteiger partial charge on any atom is -0.392 e. The van der Waals surface area contributed by atoms with Crippen LogP contribution < -0.4 is 5.73 Å². The lowest BCUT2D eigenvalue weighted by Crippen LogP contribution is -2.42. The van der Waals surface area contributed by atoms with Crippen LogP contribution in [0.5, 0.6) is 0 Å². The molecule has 0 aromatic heterocycles. The van der Waals surface area contributed by atoms with Crippen molar-refractivity contribution in [2.75, 3.05) is 13.1 Å². The summed E-state index contributed by atoms with van der Waals surface area (Å²) in [5, 5.41) is 0. The predicted molar refractivity (Wildman–Crippen MR) is 76.2 cm³/mol. The second-order valence-electron chi connectivity index (χ2n) is 4.72. The van der Waals surface area contributed by atoms with E-state index in [0.717, 1.165) is 19.5 Å². The number of rotatable bonds is 4. The highest BCUT2D eigenvalue weighted by Gasteiger charge is 2.29. The summed E-state index contributed by atoms with van der Waals surface area (Å²) in [6.45, 7) is 4.34. The zero-order valence-corrected chi connectivity index (χ0v) is 11.1. The summed E-state index contributed by atoms with van der Waals surface area (Å²) in [6.07, 6.45) is 2.22. The van der Waals surface area contributed by atoms with Crippen LogP contribution in [-0.4, -0.2) is 29.0 Å². The largest absolute Gasteiger partial charge is 0.392 e. The molecule has 2 nitrogen and oxygen atoms in total. The van der Waals surface area contributed by atoms with Crippen LogP contribution in [0.3, 0.4) is 0 Å². The van der Waals surface area contributed by atoms with Gasteiger partial charge in [0.1, 0.15) is 0 Å². The molecule has 92 valence electrons. The molecule has 3 heteroatoms. The van der Waals surface area contributed by atoms with Crippen LogP contribution in [0.2, 0.25) is 0 Å². The third-order valence-electron chi connectivity index (χ3n) is 3.65. The first-order chi connectivity index (χ1) is 8.22. The molecule has 17 heavy (non-hydrogen) atoms. The van der Waals surface area contributed by atoms with Gasteiger partial charge < -0.3 is 5.73 Å². The Kier molecular flexibility index (Phi) is 4.13. The summed E-state index contributed by atoms with van der Waals surface area (Å²) in [6, 6.07) is 11.0. The van der Waals surface area contributed by atoms with Crippen molar-refractivity contribution >= 4 is 17.2 Å². The summed E-state index contributed by atoms with van der Waals surface area (Å²) in [4.78, 5) is 3.07. The van der Waals surface area contributed by atoms with Crippen molar-refractivity contribution in [2.24, 2.45) is 5.73 Å². The molecule has 1 heterocycles. The van der Waals surface area contributed by atoms with E-state index in [2.05, 4.69) is 42.2 Å². The monoisotopic (exact) mass is 248 g/mol. The van der Waals surface area contributed by atoms with E-state index in [4.69, 9.17) is 18.0 Å². The highest BCUT2D eigenvalue weighted by molar-refractivity contribution is 7.80. The van der Waals surface area contributed by atoms with Crippen LogP contribution in [0.4, 0.5) is 0 Å². The van der Waals surface area contributed by atoms with Gasteiger partial charge in [0, 0.05) is 6.54 Å². The van der Waals surface area contributed by atoms with Gasteiger partial charge in [0.05, 0.1) is 11.0 Å². The highest BCUT2D eigenvalue weighted by atomic mass is 32.1. The van der Waals surface area contributed by atoms with E-state index in [9.17, 15) is 0 Å². The van der Waals surface area contributed by atoms with Crippen molar-refractivity contribution in [2.45, 2.75) is 31.7 Å².